The molecule has 0 fully saturated rings. The van der Waals surface area contributed by atoms with Crippen LogP contribution in [0.1, 0.15) is 81.8 Å². The minimum atomic E-state index is -1.10. The zero-order valence-electron chi connectivity index (χ0n) is 46.1. The van der Waals surface area contributed by atoms with E-state index in [-0.39, 0.29) is 114 Å². The summed E-state index contributed by atoms with van der Waals surface area (Å²) in [5.74, 6) is -4.13. The number of nitrogens with zero attached hydrogens (tertiary/aromatic N) is 9. The predicted molar refractivity (Wildman–Crippen MR) is 310 cm³/mol. The van der Waals surface area contributed by atoms with Crippen molar-refractivity contribution in [3.05, 3.63) is 71.8 Å². The lowest BCUT2D eigenvalue weighted by molar-refractivity contribution is -0.146. The predicted octanol–water partition coefficient (Wildman–Crippen LogP) is -3.09. The highest BCUT2D eigenvalue weighted by Crippen LogP contribution is 2.13. The molecular formula is C52H91N21O6. The number of nitrogens with two attached hydrogens (primary N) is 10. The van der Waals surface area contributed by atoms with Gasteiger partial charge in [0.25, 0.3) is 0 Å². The Morgan fingerprint density at radius 3 is 1.27 bits per heavy atom. The Morgan fingerprint density at radius 2 is 0.835 bits per heavy atom. The normalized spacial score (nSPS) is 11.2. The third-order valence-corrected chi connectivity index (χ3v) is 12.2. The fourth-order valence-corrected chi connectivity index (χ4v) is 8.16. The number of hydrogen-bond acceptors (Lipinski definition) is 13. The molecule has 440 valence electrons. The Kier molecular flexibility index (Phi) is 34.5. The topological polar surface area (TPSA) is 452 Å². The van der Waals surface area contributed by atoms with Crippen molar-refractivity contribution >= 4 is 59.3 Å². The Morgan fingerprint density at radius 1 is 0.443 bits per heavy atom. The Hall–Kier alpha value is -7.78. The minimum absolute atomic E-state index is 0.0121. The SMILES string of the molecule is NCCCCCCNCC(=O)N(CCCN=C(N)N)CC(=O)N(CCCN=C(N)N)CC(=O)N(CCCCN(Cc1ccccc1)Cc1ccccc1)CC(=O)N(CCCN=C(N)N)CC(=O)N[C@H](CCCN=C(N)N)C(N)=O. The maximum absolute atomic E-state index is 14.8. The smallest absolute Gasteiger partial charge is 0.242 e. The van der Waals surface area contributed by atoms with Crippen molar-refractivity contribution in [2.75, 3.05) is 105 Å². The van der Waals surface area contributed by atoms with Crippen molar-refractivity contribution in [2.24, 2.45) is 77.3 Å². The van der Waals surface area contributed by atoms with Gasteiger partial charge in [0.2, 0.25) is 35.4 Å². The van der Waals surface area contributed by atoms with Crippen molar-refractivity contribution in [1.29, 1.82) is 0 Å². The lowest BCUT2D eigenvalue weighted by Crippen LogP contribution is -2.52. The molecule has 0 saturated heterocycles. The molecule has 2 aromatic rings. The van der Waals surface area contributed by atoms with Gasteiger partial charge in [-0.05, 0) is 88.5 Å². The zero-order chi connectivity index (χ0) is 58.2. The van der Waals surface area contributed by atoms with Crippen LogP contribution in [0.5, 0.6) is 0 Å². The Labute approximate surface area is 465 Å². The summed E-state index contributed by atoms with van der Waals surface area (Å²) >= 11 is 0. The zero-order valence-corrected chi connectivity index (χ0v) is 46.1. The summed E-state index contributed by atoms with van der Waals surface area (Å²) in [5.41, 5.74) is 57.9. The number of unbranched alkanes of at least 4 members (excludes halogenated alkanes) is 4. The van der Waals surface area contributed by atoms with E-state index in [4.69, 9.17) is 57.3 Å². The average molecular weight is 1110 g/mol. The number of guanidine groups is 4. The van der Waals surface area contributed by atoms with Gasteiger partial charge in [0.05, 0.1) is 32.7 Å². The summed E-state index contributed by atoms with van der Waals surface area (Å²) < 4.78 is 0. The molecule has 0 heterocycles. The summed E-state index contributed by atoms with van der Waals surface area (Å²) in [4.78, 5) is 107. The first kappa shape index (κ1) is 67.3. The molecule has 0 spiro atoms. The monoisotopic (exact) mass is 1110 g/mol. The van der Waals surface area contributed by atoms with E-state index in [2.05, 4.69) is 59.8 Å². The number of primary amides is 1. The third kappa shape index (κ3) is 32.5. The van der Waals surface area contributed by atoms with Gasteiger partial charge < -0.3 is 87.6 Å². The number of carbonyl (C=O) groups is 6. The van der Waals surface area contributed by atoms with Crippen molar-refractivity contribution in [2.45, 2.75) is 89.8 Å². The third-order valence-electron chi connectivity index (χ3n) is 12.2. The largest absolute Gasteiger partial charge is 0.370 e. The molecule has 2 rings (SSSR count). The van der Waals surface area contributed by atoms with Gasteiger partial charge >= 0.3 is 0 Å². The molecule has 6 amide bonds. The highest BCUT2D eigenvalue weighted by atomic mass is 16.2. The average Bonchev–Trinajstić information content (AvgIpc) is 3.40. The summed E-state index contributed by atoms with van der Waals surface area (Å²) in [6, 6.07) is 19.0. The number of amides is 6. The number of rotatable bonds is 43. The quantitative estimate of drug-likeness (QED) is 0.0178. The van der Waals surface area contributed by atoms with Gasteiger partial charge in [-0.3, -0.25) is 53.6 Å². The van der Waals surface area contributed by atoms with Crippen LogP contribution in [0.15, 0.2) is 80.6 Å². The van der Waals surface area contributed by atoms with Crippen molar-refractivity contribution in [3.8, 4) is 0 Å². The highest BCUT2D eigenvalue weighted by Gasteiger charge is 2.28. The molecule has 1 atom stereocenters. The van der Waals surface area contributed by atoms with E-state index in [0.717, 1.165) is 36.8 Å². The van der Waals surface area contributed by atoms with E-state index < -0.39 is 55.2 Å². The fourth-order valence-electron chi connectivity index (χ4n) is 8.16. The van der Waals surface area contributed by atoms with Gasteiger partial charge in [0, 0.05) is 65.4 Å². The van der Waals surface area contributed by atoms with E-state index in [1.807, 2.05) is 36.4 Å². The first-order valence-electron chi connectivity index (χ1n) is 27.0. The number of nitrogens with one attached hydrogen (secondary N) is 2. The van der Waals surface area contributed by atoms with Crippen molar-refractivity contribution < 1.29 is 28.8 Å². The van der Waals surface area contributed by atoms with Gasteiger partial charge in [0.15, 0.2) is 23.8 Å². The van der Waals surface area contributed by atoms with Crippen LogP contribution in [0.4, 0.5) is 0 Å². The lowest BCUT2D eigenvalue weighted by Gasteiger charge is -2.31. The van der Waals surface area contributed by atoms with E-state index in [1.165, 1.54) is 19.6 Å². The van der Waals surface area contributed by atoms with Crippen LogP contribution in [-0.2, 0) is 41.9 Å². The minimum Gasteiger partial charge on any atom is -0.370 e. The van der Waals surface area contributed by atoms with E-state index in [1.54, 1.807) is 0 Å². The molecule has 0 aromatic heterocycles. The second-order valence-corrected chi connectivity index (χ2v) is 19.0. The summed E-state index contributed by atoms with van der Waals surface area (Å²) in [5, 5.41) is 5.77. The van der Waals surface area contributed by atoms with Gasteiger partial charge in [0.1, 0.15) is 6.04 Å². The molecule has 22 N–H and O–H groups in total. The molecule has 0 radical (unpaired) electrons. The van der Waals surface area contributed by atoms with Gasteiger partial charge in [-0.2, -0.15) is 0 Å². The number of benzene rings is 2. The molecule has 0 saturated carbocycles. The lowest BCUT2D eigenvalue weighted by atomic mass is 10.1. The summed E-state index contributed by atoms with van der Waals surface area (Å²) in [6.45, 7) is 2.09. The number of carbonyl (C=O) groups excluding carboxylic acids is 6. The highest BCUT2D eigenvalue weighted by molar-refractivity contribution is 5.92. The van der Waals surface area contributed by atoms with Crippen LogP contribution in [0.2, 0.25) is 0 Å². The standard InChI is InChI=1S/C52H91N21O6/c53-22-9-1-2-10-23-63-33-44(75)71(31-15-26-66-51(59)60)37-46(77)73(32-16-27-67-52(61)62)39-47(78)72(29-12-11-28-69(34-40-17-5-3-6-18-40)35-41-19-7-4-8-20-41)38-45(76)70(30-14-25-65-50(57)58)36-43(74)68-42(48(54)79)21-13-24-64-49(55)56/h3-8,17-20,42,63H,1-2,9-16,21-39,53H2,(H2,54,79)(H,68,74)(H4,55,56,64)(H4,57,58,65)(H4,59,60,66)(H4,61,62,67)/t42-/m1/s1. The van der Waals surface area contributed by atoms with Crippen LogP contribution in [0.25, 0.3) is 0 Å². The van der Waals surface area contributed by atoms with Crippen molar-refractivity contribution in [3.63, 3.8) is 0 Å². The van der Waals surface area contributed by atoms with Crippen molar-refractivity contribution in [1.82, 2.24) is 35.1 Å². The molecular weight excluding hydrogens is 1010 g/mol. The van der Waals surface area contributed by atoms with Crippen LogP contribution < -0.4 is 68.0 Å². The Balaban J connectivity index is 2.53. The van der Waals surface area contributed by atoms with E-state index in [9.17, 15) is 28.8 Å². The first-order chi connectivity index (χ1) is 37.9. The molecule has 27 heteroatoms. The maximum atomic E-state index is 14.8. The summed E-state index contributed by atoms with van der Waals surface area (Å²) in [7, 11) is 0. The van der Waals surface area contributed by atoms with Gasteiger partial charge in [-0.25, -0.2) is 0 Å². The Bertz CT molecular complexity index is 2180. The molecule has 0 bridgehead atoms. The molecule has 2 aromatic carbocycles. The fraction of sp³-hybridized carbons (Fsp3) is 0.577. The van der Waals surface area contributed by atoms with Gasteiger partial charge in [-0.15, -0.1) is 0 Å². The summed E-state index contributed by atoms with van der Waals surface area (Å²) in [6.07, 6.45) is 5.97. The van der Waals surface area contributed by atoms with Crippen LogP contribution in [-0.4, -0.2) is 195 Å². The molecule has 79 heavy (non-hydrogen) atoms. The van der Waals surface area contributed by atoms with Crippen LogP contribution in [0, 0.1) is 0 Å². The molecule has 0 aliphatic carbocycles. The van der Waals surface area contributed by atoms with E-state index >= 15 is 0 Å². The van der Waals surface area contributed by atoms with Gasteiger partial charge in [-0.1, -0.05) is 73.5 Å². The molecule has 0 aliphatic heterocycles. The maximum Gasteiger partial charge on any atom is 0.242 e. The first-order valence-corrected chi connectivity index (χ1v) is 27.0. The number of hydrogen-bond donors (Lipinski definition) is 12. The number of aliphatic imine (C=N–C) groups is 4. The van der Waals surface area contributed by atoms with E-state index in [0.29, 0.717) is 58.4 Å². The molecule has 27 nitrogen and oxygen atoms in total. The second-order valence-electron chi connectivity index (χ2n) is 19.0. The van der Waals surface area contributed by atoms with Crippen LogP contribution >= 0.6 is 0 Å². The molecule has 0 aliphatic rings. The molecule has 0 unspecified atom stereocenters. The second kappa shape index (κ2) is 40.4. The van der Waals surface area contributed by atoms with Crippen LogP contribution in [0.3, 0.4) is 0 Å².